The highest BCUT2D eigenvalue weighted by Gasteiger charge is 2.32. The number of aromatic nitrogens is 3. The van der Waals surface area contributed by atoms with E-state index >= 15 is 0 Å². The summed E-state index contributed by atoms with van der Waals surface area (Å²) in [5.74, 6) is -1.03. The van der Waals surface area contributed by atoms with Crippen LogP contribution in [0.25, 0.3) is 10.9 Å². The van der Waals surface area contributed by atoms with Gasteiger partial charge in [0.2, 0.25) is 10.0 Å². The van der Waals surface area contributed by atoms with Crippen LogP contribution in [0.5, 0.6) is 0 Å². The first-order chi connectivity index (χ1) is 19.2. The molecule has 4 rings (SSSR count). The molecular weight excluding hydrogens is 579 g/mol. The number of para-hydroxylation sites is 1. The van der Waals surface area contributed by atoms with Crippen LogP contribution in [0, 0.1) is 0 Å². The number of halogens is 2. The highest BCUT2D eigenvalue weighted by molar-refractivity contribution is 7.89. The van der Waals surface area contributed by atoms with Crippen molar-refractivity contribution < 1.29 is 22.7 Å². The minimum absolute atomic E-state index is 0.136. The van der Waals surface area contributed by atoms with Gasteiger partial charge >= 0.3 is 5.97 Å². The molecule has 11 nitrogen and oxygen atoms in total. The lowest BCUT2D eigenvalue weighted by molar-refractivity contribution is -0.149. The molecule has 0 fully saturated rings. The monoisotopic (exact) mass is 604 g/mol. The van der Waals surface area contributed by atoms with Crippen LogP contribution in [-0.2, 0) is 19.6 Å². The number of carbonyl (C=O) groups is 2. The Kier molecular flexibility index (Phi) is 9.58. The summed E-state index contributed by atoms with van der Waals surface area (Å²) in [6.07, 6.45) is 3.38. The van der Waals surface area contributed by atoms with Gasteiger partial charge in [0.05, 0.1) is 27.3 Å². The number of hydrogen-bond donors (Lipinski definition) is 4. The molecule has 0 radical (unpaired) electrons. The van der Waals surface area contributed by atoms with Crippen molar-refractivity contribution in [2.45, 2.75) is 36.9 Å². The number of ether oxygens (including phenoxy) is 1. The van der Waals surface area contributed by atoms with Crippen molar-refractivity contribution in [3.8, 4) is 0 Å². The van der Waals surface area contributed by atoms with Gasteiger partial charge < -0.3 is 15.4 Å². The number of H-pyrrole nitrogens is 1. The second-order valence-corrected chi connectivity index (χ2v) is 11.1. The molecule has 0 aliphatic carbocycles. The summed E-state index contributed by atoms with van der Waals surface area (Å²) in [7, 11) is -4.43. The number of esters is 1. The second-order valence-electron chi connectivity index (χ2n) is 8.65. The minimum Gasteiger partial charge on any atom is -0.440 e. The highest BCUT2D eigenvalue weighted by atomic mass is 35.5. The van der Waals surface area contributed by atoms with Crippen LogP contribution in [0.2, 0.25) is 10.0 Å². The Morgan fingerprint density at radius 2 is 1.80 bits per heavy atom. The molecular formula is C26H26Cl2N6O5S. The molecule has 2 aromatic carbocycles. The molecule has 0 aliphatic rings. The molecule has 2 aromatic heterocycles. The molecule has 210 valence electrons. The zero-order valence-corrected chi connectivity index (χ0v) is 23.6. The molecule has 2 heterocycles. The molecule has 2 unspecified atom stereocenters. The van der Waals surface area contributed by atoms with E-state index in [2.05, 4.69) is 30.5 Å². The number of fused-ring (bicyclic) bond motifs is 1. The lowest BCUT2D eigenvalue weighted by Gasteiger charge is -2.24. The van der Waals surface area contributed by atoms with Crippen LogP contribution in [0.3, 0.4) is 0 Å². The molecule has 40 heavy (non-hydrogen) atoms. The van der Waals surface area contributed by atoms with Gasteiger partial charge in [-0.3, -0.25) is 14.7 Å². The third-order valence-electron chi connectivity index (χ3n) is 5.74. The van der Waals surface area contributed by atoms with Crippen LogP contribution in [0.15, 0.2) is 71.9 Å². The number of rotatable bonds is 12. The Labute approximate surface area is 240 Å². The first-order valence-corrected chi connectivity index (χ1v) is 14.5. The summed E-state index contributed by atoms with van der Waals surface area (Å²) in [6, 6.07) is 12.9. The van der Waals surface area contributed by atoms with E-state index in [1.54, 1.807) is 48.8 Å². The van der Waals surface area contributed by atoms with Crippen LogP contribution in [0.1, 0.15) is 30.1 Å². The van der Waals surface area contributed by atoms with E-state index in [4.69, 9.17) is 27.9 Å². The normalized spacial score (nSPS) is 13.0. The van der Waals surface area contributed by atoms with Gasteiger partial charge in [-0.1, -0.05) is 60.8 Å². The Hall–Kier alpha value is -3.71. The van der Waals surface area contributed by atoms with Crippen molar-refractivity contribution in [3.63, 3.8) is 0 Å². The van der Waals surface area contributed by atoms with Crippen LogP contribution >= 0.6 is 23.2 Å². The first-order valence-electron chi connectivity index (χ1n) is 12.2. The van der Waals surface area contributed by atoms with Gasteiger partial charge in [0.1, 0.15) is 16.8 Å². The zero-order chi connectivity index (χ0) is 28.7. The number of nitrogens with one attached hydrogen (secondary N) is 4. The summed E-state index contributed by atoms with van der Waals surface area (Å²) in [5, 5.41) is 12.8. The van der Waals surface area contributed by atoms with Gasteiger partial charge in [-0.25, -0.2) is 13.4 Å². The maximum Gasteiger partial charge on any atom is 0.327 e. The highest BCUT2D eigenvalue weighted by Crippen LogP contribution is 2.29. The summed E-state index contributed by atoms with van der Waals surface area (Å²) in [4.78, 5) is 30.2. The van der Waals surface area contributed by atoms with Crippen LogP contribution < -0.4 is 15.4 Å². The summed E-state index contributed by atoms with van der Waals surface area (Å²) >= 11 is 12.3. The third kappa shape index (κ3) is 7.07. The number of amides is 1. The number of carbonyl (C=O) groups excluding carboxylic acids is 2. The van der Waals surface area contributed by atoms with Crippen LogP contribution in [-0.4, -0.2) is 54.3 Å². The van der Waals surface area contributed by atoms with Crippen molar-refractivity contribution in [1.29, 1.82) is 0 Å². The molecule has 4 N–H and O–H groups in total. The van der Waals surface area contributed by atoms with Gasteiger partial charge in [0, 0.05) is 24.5 Å². The predicted molar refractivity (Wildman–Crippen MR) is 152 cm³/mol. The number of benzene rings is 2. The first kappa shape index (κ1) is 29.3. The molecule has 0 aliphatic heterocycles. The fourth-order valence-corrected chi connectivity index (χ4v) is 6.19. The fourth-order valence-electron chi connectivity index (χ4n) is 3.86. The van der Waals surface area contributed by atoms with E-state index in [0.717, 1.165) is 0 Å². The number of sulfonamides is 1. The molecule has 0 bridgehead atoms. The van der Waals surface area contributed by atoms with E-state index in [1.807, 2.05) is 6.92 Å². The summed E-state index contributed by atoms with van der Waals surface area (Å²) < 4.78 is 34.5. The molecule has 0 saturated carbocycles. The topological polar surface area (TPSA) is 155 Å². The maximum absolute atomic E-state index is 13.4. The minimum atomic E-state index is -4.43. The second kappa shape index (κ2) is 13.1. The number of aromatic amines is 1. The quantitative estimate of drug-likeness (QED) is 0.139. The molecule has 14 heteroatoms. The van der Waals surface area contributed by atoms with E-state index in [9.17, 15) is 18.0 Å². The van der Waals surface area contributed by atoms with E-state index < -0.39 is 45.6 Å². The molecule has 1 amide bonds. The lowest BCUT2D eigenvalue weighted by atomic mass is 10.1. The lowest BCUT2D eigenvalue weighted by Crippen LogP contribution is -2.50. The van der Waals surface area contributed by atoms with Crippen molar-refractivity contribution in [2.75, 3.05) is 11.9 Å². The average molecular weight is 606 g/mol. The standard InChI is InChI=1S/C26H26Cl2N6O5S/c1-2-7-22(32-21-12-3-4-13-29-21)39-26(36)20(34-40(37,38)24-18(27)10-6-11-19(24)28)15-30-25(35)17-9-5-8-16-14-31-33-23(16)17/h3-6,8-14,20,22,34H,2,7,15H2,1H3,(H,29,32)(H,30,35)(H,31,33). The number of nitrogens with zero attached hydrogens (tertiary/aromatic N) is 2. The number of anilines is 1. The SMILES string of the molecule is CCCC(Nc1ccccn1)OC(=O)C(CNC(=O)c1cccc2cn[nH]c12)NS(=O)(=O)c1c(Cl)cccc1Cl. The van der Waals surface area contributed by atoms with Crippen molar-refractivity contribution in [2.24, 2.45) is 0 Å². The average Bonchev–Trinajstić information content (AvgIpc) is 3.40. The Bertz CT molecular complexity index is 1580. The number of pyridine rings is 1. The van der Waals surface area contributed by atoms with Gasteiger partial charge in [0.15, 0.2) is 6.23 Å². The smallest absolute Gasteiger partial charge is 0.327 e. The zero-order valence-electron chi connectivity index (χ0n) is 21.2. The Morgan fingerprint density at radius 1 is 1.05 bits per heavy atom. The van der Waals surface area contributed by atoms with Gasteiger partial charge in [-0.05, 0) is 30.3 Å². The van der Waals surface area contributed by atoms with Gasteiger partial charge in [0.25, 0.3) is 5.91 Å². The van der Waals surface area contributed by atoms with Crippen molar-refractivity contribution in [3.05, 3.63) is 82.6 Å². The van der Waals surface area contributed by atoms with E-state index in [-0.39, 0.29) is 15.6 Å². The summed E-state index contributed by atoms with van der Waals surface area (Å²) in [6.45, 7) is 1.46. The Morgan fingerprint density at radius 3 is 2.50 bits per heavy atom. The van der Waals surface area contributed by atoms with Gasteiger partial charge in [-0.2, -0.15) is 9.82 Å². The Balaban J connectivity index is 1.58. The van der Waals surface area contributed by atoms with Crippen molar-refractivity contribution in [1.82, 2.24) is 25.2 Å². The molecule has 2 atom stereocenters. The molecule has 4 aromatic rings. The third-order valence-corrected chi connectivity index (χ3v) is 8.17. The predicted octanol–water partition coefficient (Wildman–Crippen LogP) is 4.12. The van der Waals surface area contributed by atoms with Crippen molar-refractivity contribution >= 4 is 61.8 Å². The maximum atomic E-state index is 13.4. The van der Waals surface area contributed by atoms with Gasteiger partial charge in [-0.15, -0.1) is 0 Å². The van der Waals surface area contributed by atoms with E-state index in [1.165, 1.54) is 18.2 Å². The molecule has 0 spiro atoms. The largest absolute Gasteiger partial charge is 0.440 e. The van der Waals surface area contributed by atoms with E-state index in [0.29, 0.717) is 29.6 Å². The number of hydrogen-bond acceptors (Lipinski definition) is 8. The van der Waals surface area contributed by atoms with Crippen LogP contribution in [0.4, 0.5) is 5.82 Å². The fraction of sp³-hybridized carbons (Fsp3) is 0.231. The summed E-state index contributed by atoms with van der Waals surface area (Å²) in [5.41, 5.74) is 0.755. The molecule has 0 saturated heterocycles.